The van der Waals surface area contributed by atoms with E-state index in [1.165, 1.54) is 270 Å². The first-order valence-corrected chi connectivity index (χ1v) is 42.3. The maximum Gasteiger partial charge on any atom is -0.0354 e. The van der Waals surface area contributed by atoms with Crippen LogP contribution in [0.25, 0.3) is 0 Å². The van der Waals surface area contributed by atoms with Gasteiger partial charge < -0.3 is 0 Å². The minimum atomic E-state index is 0.550. The lowest BCUT2D eigenvalue weighted by molar-refractivity contribution is 0.197. The van der Waals surface area contributed by atoms with Gasteiger partial charge in [-0.15, -0.1) is 0 Å². The second-order valence-corrected chi connectivity index (χ2v) is 35.1. The average molecular weight is 1270 g/mol. The molecule has 6 saturated carbocycles. The van der Waals surface area contributed by atoms with Gasteiger partial charge in [0.05, 0.1) is 0 Å². The van der Waals surface area contributed by atoms with E-state index in [1.54, 1.807) is 0 Å². The highest BCUT2D eigenvalue weighted by Gasteiger charge is 2.25. The summed E-state index contributed by atoms with van der Waals surface area (Å²) in [5.74, 6) is 14.8. The standard InChI is InChI=1S/2C9H18.2C8H16.2C7H14.6C7H16/c1-8-4-6-9(2,3)7-5-8;1-7-5-4-6-8(2)9(7)3;1-7-5-3-4-6-8(7)2;1-7(2)8-5-3-4-6-8;1-6(2)7-4-3-5-7;1-7-5-3-2-4-6-7;1-5-6-7(2,3)4;2*1-4-5-6-7(2)3;1-4-6-7(3)5-2;1-4-7(5-2)6-3;1-3-5-7-6-4-2/h8H,4-7H2,1-3H3;7-9H,4-6H2,1-3H3;2*7-8H,3-6H2,1-2H3;6-7H,3-5H2,1-2H3;7H,2-6H2,1H3;5-6H2,1-4H3;4*7H,4-6H2,1-3H3;3-7H2,1-2H3/t;;7-,8?;;;;;;;7-;;/m..1......1../s1. The topological polar surface area (TPSA) is 0 Å². The summed E-state index contributed by atoms with van der Waals surface area (Å²) in [6.07, 6.45) is 60.1. The van der Waals surface area contributed by atoms with E-state index < -0.39 is 0 Å². The van der Waals surface area contributed by atoms with Gasteiger partial charge >= 0.3 is 0 Å². The molecule has 0 radical (unpaired) electrons. The lowest BCUT2D eigenvalue weighted by Crippen LogP contribution is -2.21. The number of hydrogen-bond donors (Lipinski definition) is 0. The Morgan fingerprint density at radius 1 is 0.333 bits per heavy atom. The fourth-order valence-corrected chi connectivity index (χ4v) is 13.1. The van der Waals surface area contributed by atoms with Gasteiger partial charge in [-0.05, 0) is 119 Å². The van der Waals surface area contributed by atoms with Crippen molar-refractivity contribution in [1.82, 2.24) is 0 Å². The van der Waals surface area contributed by atoms with Gasteiger partial charge in [0.15, 0.2) is 0 Å². The van der Waals surface area contributed by atoms with Gasteiger partial charge in [0, 0.05) is 0 Å². The molecule has 0 N–H and O–H groups in total. The Hall–Kier alpha value is 0. The third-order valence-electron chi connectivity index (χ3n) is 22.3. The molecule has 0 nitrogen and oxygen atoms in total. The van der Waals surface area contributed by atoms with Gasteiger partial charge in [0.1, 0.15) is 0 Å². The monoisotopic (exact) mass is 1270 g/mol. The predicted molar refractivity (Wildman–Crippen MR) is 427 cm³/mol. The molecular weight excluding hydrogens is 1080 g/mol. The molecule has 552 valence electrons. The zero-order valence-corrected chi connectivity index (χ0v) is 70.4. The van der Waals surface area contributed by atoms with Crippen LogP contribution in [0.3, 0.4) is 0 Å². The van der Waals surface area contributed by atoms with Crippen LogP contribution in [0, 0.1) is 99.6 Å². The summed E-state index contributed by atoms with van der Waals surface area (Å²) >= 11 is 0. The molecule has 0 heteroatoms. The van der Waals surface area contributed by atoms with Gasteiger partial charge in [-0.3, -0.25) is 0 Å². The fraction of sp³-hybridized carbons (Fsp3) is 1.00. The van der Waals surface area contributed by atoms with Gasteiger partial charge in [-0.1, -0.05) is 465 Å². The third-order valence-corrected chi connectivity index (χ3v) is 22.3. The van der Waals surface area contributed by atoms with Crippen LogP contribution in [0.15, 0.2) is 0 Å². The molecule has 0 aromatic heterocycles. The largest absolute Gasteiger partial charge is 0.0654 e. The molecule has 0 saturated heterocycles. The third kappa shape index (κ3) is 77.0. The number of unbranched alkanes of at least 4 members (excludes halogenated alkanes) is 6. The molecule has 0 heterocycles. The first-order valence-electron chi connectivity index (χ1n) is 42.3. The zero-order chi connectivity index (χ0) is 70.4. The van der Waals surface area contributed by atoms with Gasteiger partial charge in [0.25, 0.3) is 0 Å². The van der Waals surface area contributed by atoms with Crippen molar-refractivity contribution >= 4 is 0 Å². The van der Waals surface area contributed by atoms with E-state index in [2.05, 4.69) is 215 Å². The van der Waals surface area contributed by atoms with Crippen molar-refractivity contribution in [3.05, 3.63) is 0 Å². The zero-order valence-electron chi connectivity index (χ0n) is 70.4. The van der Waals surface area contributed by atoms with Crippen molar-refractivity contribution in [1.29, 1.82) is 0 Å². The number of hydrogen-bond acceptors (Lipinski definition) is 0. The van der Waals surface area contributed by atoms with E-state index in [1.807, 2.05) is 0 Å². The van der Waals surface area contributed by atoms with E-state index in [9.17, 15) is 0 Å². The highest BCUT2D eigenvalue weighted by molar-refractivity contribution is 4.77. The van der Waals surface area contributed by atoms with Crippen LogP contribution in [-0.2, 0) is 0 Å². The Kier molecular flexibility index (Phi) is 78.9. The van der Waals surface area contributed by atoms with E-state index in [4.69, 9.17) is 0 Å². The molecule has 5 atom stereocenters. The molecule has 0 bridgehead atoms. The SMILES string of the molecule is CC(C)C1CCC1.CC(C)C1CCCC1.CC1CCC(C)(C)CC1.CC1CCCC(C)C1C.CC1CCCCC1.CC1CCCC[C@H]1C.CCC(CC)CC.CCCC(C)(C)C.CCCCC(C)C.CCCCC(C)C.CCCCCCC.CCC[C@H](C)CC. The Bertz CT molecular complexity index is 1210. The molecule has 6 rings (SSSR count). The summed E-state index contributed by atoms with van der Waals surface area (Å²) in [4.78, 5) is 0. The molecule has 6 aliphatic carbocycles. The van der Waals surface area contributed by atoms with Crippen molar-refractivity contribution in [3.8, 4) is 0 Å². The van der Waals surface area contributed by atoms with Crippen LogP contribution < -0.4 is 0 Å². The Labute approximate surface area is 580 Å². The van der Waals surface area contributed by atoms with Crippen LogP contribution in [-0.4, -0.2) is 0 Å². The summed E-state index contributed by atoms with van der Waals surface area (Å²) in [6, 6.07) is 0. The smallest absolute Gasteiger partial charge is 0.0354 e. The molecule has 90 heavy (non-hydrogen) atoms. The van der Waals surface area contributed by atoms with E-state index in [-0.39, 0.29) is 0 Å². The molecule has 6 fully saturated rings. The molecule has 0 aliphatic heterocycles. The second-order valence-electron chi connectivity index (χ2n) is 35.1. The van der Waals surface area contributed by atoms with Crippen molar-refractivity contribution in [3.63, 3.8) is 0 Å². The van der Waals surface area contributed by atoms with Gasteiger partial charge in [-0.25, -0.2) is 0 Å². The van der Waals surface area contributed by atoms with E-state index in [0.717, 1.165) is 88.8 Å². The molecule has 0 aromatic carbocycles. The Balaban J connectivity index is -0.000000214. The van der Waals surface area contributed by atoms with Gasteiger partial charge in [-0.2, -0.15) is 0 Å². The molecule has 0 amide bonds. The van der Waals surface area contributed by atoms with Crippen LogP contribution in [0.2, 0.25) is 0 Å². The lowest BCUT2D eigenvalue weighted by Gasteiger charge is -2.32. The lowest BCUT2D eigenvalue weighted by atomic mass is 9.74. The molecule has 0 spiro atoms. The first kappa shape index (κ1) is 101. The van der Waals surface area contributed by atoms with E-state index >= 15 is 0 Å². The van der Waals surface area contributed by atoms with Crippen LogP contribution in [0.4, 0.5) is 0 Å². The summed E-state index contributed by atoms with van der Waals surface area (Å²) in [6.45, 7) is 71.5. The minimum absolute atomic E-state index is 0.550. The predicted octanol–water partition coefficient (Wildman–Crippen LogP) is 34.1. The summed E-state index contributed by atoms with van der Waals surface area (Å²) in [5.41, 5.74) is 1.21. The van der Waals surface area contributed by atoms with E-state index in [0.29, 0.717) is 10.8 Å². The maximum atomic E-state index is 2.40. The second kappa shape index (κ2) is 70.3. The normalized spacial score (nSPS) is 21.8. The molecule has 0 aromatic rings. The minimum Gasteiger partial charge on any atom is -0.0654 e. The summed E-state index contributed by atoms with van der Waals surface area (Å²) in [7, 11) is 0. The van der Waals surface area contributed by atoms with Crippen LogP contribution in [0.5, 0.6) is 0 Å². The van der Waals surface area contributed by atoms with Crippen molar-refractivity contribution < 1.29 is 0 Å². The van der Waals surface area contributed by atoms with Crippen LogP contribution >= 0.6 is 0 Å². The molecular formula is C90H192. The summed E-state index contributed by atoms with van der Waals surface area (Å²) in [5, 5.41) is 0. The quantitative estimate of drug-likeness (QED) is 0.113. The number of rotatable bonds is 19. The Morgan fingerprint density at radius 2 is 0.667 bits per heavy atom. The Morgan fingerprint density at radius 3 is 0.844 bits per heavy atom. The fourth-order valence-electron chi connectivity index (χ4n) is 13.1. The highest BCUT2D eigenvalue weighted by Crippen LogP contribution is 2.38. The highest BCUT2D eigenvalue weighted by atomic mass is 14.3. The molecule has 6 aliphatic rings. The molecule has 3 unspecified atom stereocenters. The van der Waals surface area contributed by atoms with Gasteiger partial charge in [0.2, 0.25) is 0 Å². The summed E-state index contributed by atoms with van der Waals surface area (Å²) < 4.78 is 0. The maximum absolute atomic E-state index is 2.40. The van der Waals surface area contributed by atoms with Crippen molar-refractivity contribution in [2.24, 2.45) is 99.6 Å². The van der Waals surface area contributed by atoms with Crippen LogP contribution in [0.1, 0.15) is 484 Å². The first-order chi connectivity index (χ1) is 42.3. The van der Waals surface area contributed by atoms with Crippen molar-refractivity contribution in [2.75, 3.05) is 0 Å². The average Bonchev–Trinajstić information content (AvgIpc) is 4.06. The van der Waals surface area contributed by atoms with Crippen molar-refractivity contribution in [2.45, 2.75) is 484 Å².